The monoisotopic (exact) mass is 216 g/mol. The van der Waals surface area contributed by atoms with Gasteiger partial charge in [-0.15, -0.1) is 0 Å². The first kappa shape index (κ1) is 14.2. The average molecular weight is 216 g/mol. The standard InChI is InChI=1S/C12H28OSi/c1-5-9-10-12(11-13)14(6-2,7-3)8-4/h12-13H,5-11H2,1-4H3. The summed E-state index contributed by atoms with van der Waals surface area (Å²) in [4.78, 5) is 0. The third-order valence-electron chi connectivity index (χ3n) is 4.10. The normalized spacial score (nSPS) is 14.4. The molecule has 0 amide bonds. The van der Waals surface area contributed by atoms with Gasteiger partial charge in [0.15, 0.2) is 0 Å². The van der Waals surface area contributed by atoms with Crippen LogP contribution in [0, 0.1) is 0 Å². The molecule has 0 heterocycles. The van der Waals surface area contributed by atoms with Gasteiger partial charge in [0.25, 0.3) is 0 Å². The van der Waals surface area contributed by atoms with Crippen LogP contribution in [0.4, 0.5) is 0 Å². The Kier molecular flexibility index (Phi) is 7.56. The second-order valence-electron chi connectivity index (χ2n) is 4.44. The topological polar surface area (TPSA) is 20.2 Å². The zero-order valence-electron chi connectivity index (χ0n) is 10.5. The molecule has 1 unspecified atom stereocenters. The molecule has 0 fully saturated rings. The lowest BCUT2D eigenvalue weighted by Gasteiger charge is -2.36. The van der Waals surface area contributed by atoms with E-state index >= 15 is 0 Å². The summed E-state index contributed by atoms with van der Waals surface area (Å²) in [5.41, 5.74) is 0.655. The first-order chi connectivity index (χ1) is 6.70. The van der Waals surface area contributed by atoms with Gasteiger partial charge in [-0.25, -0.2) is 0 Å². The maximum atomic E-state index is 9.52. The lowest BCUT2D eigenvalue weighted by Crippen LogP contribution is -2.39. The fraction of sp³-hybridized carbons (Fsp3) is 1.00. The summed E-state index contributed by atoms with van der Waals surface area (Å²) in [7, 11) is -1.13. The molecule has 1 nitrogen and oxygen atoms in total. The minimum atomic E-state index is -1.13. The van der Waals surface area contributed by atoms with Crippen molar-refractivity contribution in [2.45, 2.75) is 70.6 Å². The Morgan fingerprint density at radius 1 is 1.00 bits per heavy atom. The minimum Gasteiger partial charge on any atom is -0.396 e. The predicted molar refractivity (Wildman–Crippen MR) is 67.6 cm³/mol. The second kappa shape index (κ2) is 7.47. The molecule has 0 saturated heterocycles. The molecule has 1 N–H and O–H groups in total. The summed E-state index contributed by atoms with van der Waals surface area (Å²) in [5, 5.41) is 9.52. The summed E-state index contributed by atoms with van der Waals surface area (Å²) in [6.07, 6.45) is 3.81. The van der Waals surface area contributed by atoms with Crippen LogP contribution < -0.4 is 0 Å². The van der Waals surface area contributed by atoms with Crippen LogP contribution >= 0.6 is 0 Å². The Morgan fingerprint density at radius 3 is 1.79 bits per heavy atom. The smallest absolute Gasteiger partial charge is 0.0583 e. The van der Waals surface area contributed by atoms with E-state index in [9.17, 15) is 5.11 Å². The Labute approximate surface area is 90.9 Å². The molecule has 0 saturated carbocycles. The van der Waals surface area contributed by atoms with E-state index in [2.05, 4.69) is 27.7 Å². The highest BCUT2D eigenvalue weighted by atomic mass is 28.3. The molecule has 0 aliphatic carbocycles. The van der Waals surface area contributed by atoms with Crippen LogP contribution in [0.25, 0.3) is 0 Å². The Bertz CT molecular complexity index is 124. The molecule has 86 valence electrons. The highest BCUT2D eigenvalue weighted by Crippen LogP contribution is 2.36. The fourth-order valence-electron chi connectivity index (χ4n) is 2.66. The van der Waals surface area contributed by atoms with Crippen LogP contribution in [0.3, 0.4) is 0 Å². The molecule has 14 heavy (non-hydrogen) atoms. The highest BCUT2D eigenvalue weighted by Gasteiger charge is 2.34. The fourth-order valence-corrected chi connectivity index (χ4v) is 7.09. The van der Waals surface area contributed by atoms with Crippen molar-refractivity contribution in [1.82, 2.24) is 0 Å². The van der Waals surface area contributed by atoms with Gasteiger partial charge in [-0.1, -0.05) is 65.1 Å². The van der Waals surface area contributed by atoms with Gasteiger partial charge in [0.05, 0.1) is 8.07 Å². The first-order valence-corrected chi connectivity index (χ1v) is 9.01. The molecule has 0 aromatic rings. The number of hydrogen-bond acceptors (Lipinski definition) is 1. The van der Waals surface area contributed by atoms with E-state index in [-0.39, 0.29) is 0 Å². The van der Waals surface area contributed by atoms with Crippen LogP contribution in [-0.4, -0.2) is 19.8 Å². The number of unbranched alkanes of at least 4 members (excludes halogenated alkanes) is 1. The molecule has 0 radical (unpaired) electrons. The van der Waals surface area contributed by atoms with Gasteiger partial charge in [0, 0.05) is 6.61 Å². The Balaban J connectivity index is 4.40. The zero-order chi connectivity index (χ0) is 11.0. The van der Waals surface area contributed by atoms with Crippen molar-refractivity contribution in [3.63, 3.8) is 0 Å². The number of rotatable bonds is 8. The van der Waals surface area contributed by atoms with Gasteiger partial charge in [-0.3, -0.25) is 0 Å². The molecular formula is C12H28OSi. The number of hydrogen-bond donors (Lipinski definition) is 1. The second-order valence-corrected chi connectivity index (χ2v) is 10.1. The Morgan fingerprint density at radius 2 is 1.50 bits per heavy atom. The minimum absolute atomic E-state index is 0.432. The molecule has 1 atom stereocenters. The van der Waals surface area contributed by atoms with Crippen molar-refractivity contribution < 1.29 is 5.11 Å². The van der Waals surface area contributed by atoms with Gasteiger partial charge in [0.2, 0.25) is 0 Å². The van der Waals surface area contributed by atoms with E-state index in [1.807, 2.05) is 0 Å². The van der Waals surface area contributed by atoms with Gasteiger partial charge in [0.1, 0.15) is 0 Å². The number of aliphatic hydroxyl groups excluding tert-OH is 1. The van der Waals surface area contributed by atoms with Gasteiger partial charge in [-0.05, 0) is 5.54 Å². The van der Waals surface area contributed by atoms with Crippen molar-refractivity contribution in [3.8, 4) is 0 Å². The molecule has 0 spiro atoms. The quantitative estimate of drug-likeness (QED) is 0.607. The van der Waals surface area contributed by atoms with E-state index in [0.717, 1.165) is 0 Å². The molecule has 0 aliphatic heterocycles. The lowest BCUT2D eigenvalue weighted by atomic mass is 10.2. The summed E-state index contributed by atoms with van der Waals surface area (Å²) in [5.74, 6) is 0. The summed E-state index contributed by atoms with van der Waals surface area (Å²) in [6.45, 7) is 9.65. The van der Waals surface area contributed by atoms with Gasteiger partial charge >= 0.3 is 0 Å². The van der Waals surface area contributed by atoms with Crippen LogP contribution in [0.2, 0.25) is 23.7 Å². The molecule has 0 aromatic heterocycles. The van der Waals surface area contributed by atoms with Crippen LogP contribution in [0.15, 0.2) is 0 Å². The first-order valence-electron chi connectivity index (χ1n) is 6.31. The predicted octanol–water partition coefficient (Wildman–Crippen LogP) is 4.05. The third-order valence-corrected chi connectivity index (χ3v) is 10.5. The number of aliphatic hydroxyl groups is 1. The molecule has 0 bridgehead atoms. The SMILES string of the molecule is CCCCC(CO)[Si](CC)(CC)CC. The van der Waals surface area contributed by atoms with Crippen LogP contribution in [0.5, 0.6) is 0 Å². The maximum Gasteiger partial charge on any atom is 0.0583 e. The van der Waals surface area contributed by atoms with E-state index < -0.39 is 8.07 Å². The molecule has 0 aliphatic rings. The van der Waals surface area contributed by atoms with Crippen LogP contribution in [-0.2, 0) is 0 Å². The van der Waals surface area contributed by atoms with E-state index in [0.29, 0.717) is 12.1 Å². The summed E-state index contributed by atoms with van der Waals surface area (Å²) in [6, 6.07) is 4.03. The van der Waals surface area contributed by atoms with Crippen molar-refractivity contribution in [1.29, 1.82) is 0 Å². The van der Waals surface area contributed by atoms with Crippen molar-refractivity contribution >= 4 is 8.07 Å². The summed E-state index contributed by atoms with van der Waals surface area (Å²) >= 11 is 0. The Hall–Kier alpha value is 0.177. The van der Waals surface area contributed by atoms with E-state index in [1.54, 1.807) is 0 Å². The molecule has 2 heteroatoms. The molecular weight excluding hydrogens is 188 g/mol. The van der Waals surface area contributed by atoms with E-state index in [1.165, 1.54) is 37.4 Å². The van der Waals surface area contributed by atoms with Crippen molar-refractivity contribution in [2.24, 2.45) is 0 Å². The lowest BCUT2D eigenvalue weighted by molar-refractivity contribution is 0.278. The van der Waals surface area contributed by atoms with Gasteiger partial charge < -0.3 is 5.11 Å². The van der Waals surface area contributed by atoms with Crippen LogP contribution in [0.1, 0.15) is 47.0 Å². The molecule has 0 aromatic carbocycles. The van der Waals surface area contributed by atoms with Gasteiger partial charge in [-0.2, -0.15) is 0 Å². The largest absolute Gasteiger partial charge is 0.396 e. The average Bonchev–Trinajstić information content (AvgIpc) is 2.25. The molecule has 0 rings (SSSR count). The zero-order valence-corrected chi connectivity index (χ0v) is 11.5. The highest BCUT2D eigenvalue weighted by molar-refractivity contribution is 6.81. The third kappa shape index (κ3) is 3.39. The van der Waals surface area contributed by atoms with E-state index in [4.69, 9.17) is 0 Å². The maximum absolute atomic E-state index is 9.52. The summed E-state index contributed by atoms with van der Waals surface area (Å²) < 4.78 is 0. The van der Waals surface area contributed by atoms with Crippen molar-refractivity contribution in [2.75, 3.05) is 6.61 Å². The van der Waals surface area contributed by atoms with Crippen molar-refractivity contribution in [3.05, 3.63) is 0 Å².